The second-order valence-corrected chi connectivity index (χ2v) is 10.8. The fourth-order valence-electron chi connectivity index (χ4n) is 4.05. The number of amides is 1. The summed E-state index contributed by atoms with van der Waals surface area (Å²) in [6.07, 6.45) is 2.61. The molecule has 2 atom stereocenters. The lowest BCUT2D eigenvalue weighted by Crippen LogP contribution is -2.15. The summed E-state index contributed by atoms with van der Waals surface area (Å²) in [6, 6.07) is 9.51. The molecule has 0 saturated heterocycles. The Balaban J connectivity index is 1.41. The van der Waals surface area contributed by atoms with E-state index in [-0.39, 0.29) is 17.8 Å². The molecule has 0 bridgehead atoms. The van der Waals surface area contributed by atoms with Gasteiger partial charge in [-0.1, -0.05) is 36.4 Å². The molecule has 178 valence electrons. The zero-order valence-corrected chi connectivity index (χ0v) is 21.7. The highest BCUT2D eigenvalue weighted by Crippen LogP contribution is 2.39. The first-order chi connectivity index (χ1) is 16.4. The van der Waals surface area contributed by atoms with E-state index in [0.717, 1.165) is 24.8 Å². The van der Waals surface area contributed by atoms with Gasteiger partial charge in [-0.25, -0.2) is 0 Å². The van der Waals surface area contributed by atoms with Gasteiger partial charge >= 0.3 is 0 Å². The topological polar surface area (TPSA) is 92.8 Å². The Labute approximate surface area is 212 Å². The van der Waals surface area contributed by atoms with E-state index in [2.05, 4.69) is 28.5 Å². The molecule has 1 aliphatic rings. The molecule has 2 unspecified atom stereocenters. The molecule has 34 heavy (non-hydrogen) atoms. The summed E-state index contributed by atoms with van der Waals surface area (Å²) in [5.74, 6) is 1.95. The average Bonchev–Trinajstić information content (AvgIpc) is 3.37. The quantitative estimate of drug-likeness (QED) is 0.376. The average molecular weight is 516 g/mol. The fourth-order valence-corrected chi connectivity index (χ4v) is 6.42. The van der Waals surface area contributed by atoms with Crippen molar-refractivity contribution in [3.8, 4) is 11.8 Å². The standard InChI is InChI=1S/C24H26ClN5O2S2/c1-4-30-22(15(3)32-17-7-5-6-16(25)11-17)28-29-24(30)33-13-21(31)27-23-19(12-26)18-9-8-14(2)10-20(18)34-23/h5-7,11,14-15H,4,8-10,13H2,1-3H3,(H,27,31). The highest BCUT2D eigenvalue weighted by atomic mass is 35.5. The smallest absolute Gasteiger partial charge is 0.235 e. The summed E-state index contributed by atoms with van der Waals surface area (Å²) >= 11 is 8.90. The van der Waals surface area contributed by atoms with Crippen molar-refractivity contribution in [1.82, 2.24) is 14.8 Å². The van der Waals surface area contributed by atoms with E-state index in [1.165, 1.54) is 28.0 Å². The molecule has 4 rings (SSSR count). The Morgan fingerprint density at radius 2 is 2.29 bits per heavy atom. The normalized spacial score (nSPS) is 15.9. The van der Waals surface area contributed by atoms with Crippen LogP contribution >= 0.6 is 34.7 Å². The molecule has 2 aromatic heterocycles. The van der Waals surface area contributed by atoms with Crippen molar-refractivity contribution >= 4 is 45.6 Å². The minimum atomic E-state index is -0.341. The van der Waals surface area contributed by atoms with Gasteiger partial charge in [0, 0.05) is 16.4 Å². The Bertz CT molecular complexity index is 1230. The first-order valence-corrected chi connectivity index (χ1v) is 13.4. The minimum absolute atomic E-state index is 0.163. The van der Waals surface area contributed by atoms with Gasteiger partial charge in [-0.2, -0.15) is 5.26 Å². The van der Waals surface area contributed by atoms with Crippen LogP contribution in [0, 0.1) is 17.2 Å². The number of rotatable bonds is 8. The van der Waals surface area contributed by atoms with Gasteiger partial charge in [-0.05, 0) is 62.8 Å². The third-order valence-corrected chi connectivity index (χ3v) is 8.11. The summed E-state index contributed by atoms with van der Waals surface area (Å²) in [7, 11) is 0. The van der Waals surface area contributed by atoms with Crippen molar-refractivity contribution in [3.63, 3.8) is 0 Å². The first-order valence-electron chi connectivity index (χ1n) is 11.2. The van der Waals surface area contributed by atoms with Crippen molar-refractivity contribution < 1.29 is 9.53 Å². The molecule has 0 fully saturated rings. The number of benzene rings is 1. The van der Waals surface area contributed by atoms with Gasteiger partial charge in [0.25, 0.3) is 0 Å². The molecule has 0 saturated carbocycles. The van der Waals surface area contributed by atoms with E-state index in [9.17, 15) is 10.1 Å². The van der Waals surface area contributed by atoms with Crippen LogP contribution in [0.25, 0.3) is 0 Å². The van der Waals surface area contributed by atoms with E-state index in [4.69, 9.17) is 16.3 Å². The maximum Gasteiger partial charge on any atom is 0.235 e. The van der Waals surface area contributed by atoms with Gasteiger partial charge in [-0.3, -0.25) is 4.79 Å². The number of thioether (sulfide) groups is 1. The second-order valence-electron chi connectivity index (χ2n) is 8.31. The van der Waals surface area contributed by atoms with E-state index >= 15 is 0 Å². The van der Waals surface area contributed by atoms with Crippen molar-refractivity contribution in [3.05, 3.63) is 51.1 Å². The van der Waals surface area contributed by atoms with Crippen LogP contribution in [0.3, 0.4) is 0 Å². The number of halogens is 1. The lowest BCUT2D eigenvalue weighted by molar-refractivity contribution is -0.113. The van der Waals surface area contributed by atoms with E-state index in [1.807, 2.05) is 30.5 Å². The molecule has 1 amide bonds. The predicted octanol–water partition coefficient (Wildman–Crippen LogP) is 5.88. The van der Waals surface area contributed by atoms with E-state index in [0.29, 0.717) is 44.8 Å². The number of ether oxygens (including phenoxy) is 1. The summed E-state index contributed by atoms with van der Waals surface area (Å²) in [4.78, 5) is 13.9. The molecule has 3 aromatic rings. The number of carbonyl (C=O) groups excluding carboxylic acids is 1. The van der Waals surface area contributed by atoms with Crippen molar-refractivity contribution in [2.24, 2.45) is 5.92 Å². The number of nitrogens with one attached hydrogen (secondary N) is 1. The summed E-state index contributed by atoms with van der Waals surface area (Å²) in [5.41, 5.74) is 1.73. The van der Waals surface area contributed by atoms with Crippen molar-refractivity contribution in [2.45, 2.75) is 57.8 Å². The van der Waals surface area contributed by atoms with Gasteiger partial charge in [0.1, 0.15) is 16.8 Å². The van der Waals surface area contributed by atoms with Gasteiger partial charge in [0.15, 0.2) is 17.1 Å². The molecule has 1 aliphatic carbocycles. The van der Waals surface area contributed by atoms with Crippen molar-refractivity contribution in [1.29, 1.82) is 5.26 Å². The third kappa shape index (κ3) is 5.40. The van der Waals surface area contributed by atoms with Gasteiger partial charge in [0.2, 0.25) is 5.91 Å². The number of nitriles is 1. The maximum absolute atomic E-state index is 12.7. The van der Waals surface area contributed by atoms with Crippen LogP contribution < -0.4 is 10.1 Å². The van der Waals surface area contributed by atoms with Crippen LogP contribution in [-0.2, 0) is 24.2 Å². The summed E-state index contributed by atoms with van der Waals surface area (Å²) < 4.78 is 7.93. The molecule has 0 spiro atoms. The maximum atomic E-state index is 12.7. The van der Waals surface area contributed by atoms with Gasteiger partial charge in [0.05, 0.1) is 11.3 Å². The molecule has 1 aromatic carbocycles. The first kappa shape index (κ1) is 24.6. The molecule has 2 heterocycles. The van der Waals surface area contributed by atoms with Crippen LogP contribution in [0.5, 0.6) is 5.75 Å². The predicted molar refractivity (Wildman–Crippen MR) is 136 cm³/mol. The number of hydrogen-bond acceptors (Lipinski definition) is 7. The highest BCUT2D eigenvalue weighted by molar-refractivity contribution is 7.99. The number of anilines is 1. The number of hydrogen-bond donors (Lipinski definition) is 1. The summed E-state index contributed by atoms with van der Waals surface area (Å²) in [5, 5.41) is 23.1. The second kappa shape index (κ2) is 10.8. The molecule has 10 heteroatoms. The Morgan fingerprint density at radius 1 is 1.47 bits per heavy atom. The van der Waals surface area contributed by atoms with Crippen LogP contribution in [0.2, 0.25) is 5.02 Å². The van der Waals surface area contributed by atoms with Crippen LogP contribution in [0.15, 0.2) is 29.4 Å². The number of thiophene rings is 1. The number of fused-ring (bicyclic) bond motifs is 1. The Hall–Kier alpha value is -2.54. The van der Waals surface area contributed by atoms with Gasteiger partial charge < -0.3 is 14.6 Å². The van der Waals surface area contributed by atoms with E-state index in [1.54, 1.807) is 12.1 Å². The molecular weight excluding hydrogens is 490 g/mol. The Morgan fingerprint density at radius 3 is 3.03 bits per heavy atom. The van der Waals surface area contributed by atoms with Crippen molar-refractivity contribution in [2.75, 3.05) is 11.1 Å². The molecular formula is C24H26ClN5O2S2. The number of nitrogens with zero attached hydrogens (tertiary/aromatic N) is 4. The largest absolute Gasteiger partial charge is 0.483 e. The van der Waals surface area contributed by atoms with Gasteiger partial charge in [-0.15, -0.1) is 21.5 Å². The SMILES string of the molecule is CCn1c(SCC(=O)Nc2sc3c(c2C#N)CCC(C)C3)nnc1C(C)Oc1cccc(Cl)c1. The highest BCUT2D eigenvalue weighted by Gasteiger charge is 2.25. The minimum Gasteiger partial charge on any atom is -0.483 e. The molecule has 0 radical (unpaired) electrons. The molecule has 1 N–H and O–H groups in total. The molecule has 0 aliphatic heterocycles. The van der Waals surface area contributed by atoms with Crippen LogP contribution in [0.4, 0.5) is 5.00 Å². The monoisotopic (exact) mass is 515 g/mol. The number of aromatic nitrogens is 3. The number of carbonyl (C=O) groups is 1. The van der Waals surface area contributed by atoms with E-state index < -0.39 is 0 Å². The summed E-state index contributed by atoms with van der Waals surface area (Å²) in [6.45, 7) is 6.77. The lowest BCUT2D eigenvalue weighted by atomic mass is 9.89. The fraction of sp³-hybridized carbons (Fsp3) is 0.417. The zero-order valence-electron chi connectivity index (χ0n) is 19.3. The lowest BCUT2D eigenvalue weighted by Gasteiger charge is -2.17. The third-order valence-electron chi connectivity index (χ3n) is 5.74. The van der Waals surface area contributed by atoms with Crippen LogP contribution in [-0.4, -0.2) is 26.4 Å². The Kier molecular flexibility index (Phi) is 7.81. The molecule has 7 nitrogen and oxygen atoms in total. The van der Waals surface area contributed by atoms with Crippen LogP contribution in [0.1, 0.15) is 55.1 Å². The zero-order chi connectivity index (χ0) is 24.2.